The fourth-order valence-electron chi connectivity index (χ4n) is 2.11. The Bertz CT molecular complexity index is 759. The predicted octanol–water partition coefficient (Wildman–Crippen LogP) is 2.23. The summed E-state index contributed by atoms with van der Waals surface area (Å²) in [5.74, 6) is -0.169. The summed E-state index contributed by atoms with van der Waals surface area (Å²) >= 11 is 1.36. The average Bonchev–Trinajstić information content (AvgIpc) is 3.00. The average molecular weight is 272 g/mol. The molecule has 0 spiro atoms. The second-order valence-corrected chi connectivity index (χ2v) is 4.96. The molecule has 0 fully saturated rings. The Morgan fingerprint density at radius 3 is 2.89 bits per heavy atom. The summed E-state index contributed by atoms with van der Waals surface area (Å²) in [5, 5.41) is 5.95. The minimum atomic E-state index is -0.169. The maximum absolute atomic E-state index is 12.0. The Kier molecular flexibility index (Phi) is 2.72. The third-order valence-electron chi connectivity index (χ3n) is 2.94. The number of nitrogen functional groups attached to an aromatic ring is 1. The number of nitrogens with one attached hydrogen (secondary N) is 2. The highest BCUT2D eigenvalue weighted by Crippen LogP contribution is 2.33. The van der Waals surface area contributed by atoms with Crippen molar-refractivity contribution in [1.82, 2.24) is 15.3 Å². The first-order valence-corrected chi connectivity index (χ1v) is 6.63. The molecule has 5 nitrogen and oxygen atoms in total. The van der Waals surface area contributed by atoms with Crippen LogP contribution in [0.1, 0.15) is 10.5 Å². The van der Waals surface area contributed by atoms with Crippen LogP contribution in [-0.2, 0) is 0 Å². The number of H-pyrrole nitrogens is 1. The number of anilines is 1. The van der Waals surface area contributed by atoms with Crippen LogP contribution in [0.4, 0.5) is 5.13 Å². The van der Waals surface area contributed by atoms with Gasteiger partial charge in [-0.25, -0.2) is 4.98 Å². The highest BCUT2D eigenvalue weighted by atomic mass is 32.1. The van der Waals surface area contributed by atoms with Crippen LogP contribution in [0.15, 0.2) is 29.6 Å². The number of carbonyl (C=O) groups is 1. The number of benzene rings is 1. The van der Waals surface area contributed by atoms with E-state index in [1.54, 1.807) is 7.05 Å². The van der Waals surface area contributed by atoms with Crippen LogP contribution in [0, 0.1) is 0 Å². The van der Waals surface area contributed by atoms with Gasteiger partial charge in [0.25, 0.3) is 5.91 Å². The molecule has 0 aliphatic rings. The van der Waals surface area contributed by atoms with Crippen molar-refractivity contribution in [3.8, 4) is 11.3 Å². The highest BCUT2D eigenvalue weighted by molar-refractivity contribution is 7.13. The van der Waals surface area contributed by atoms with Crippen molar-refractivity contribution >= 4 is 33.3 Å². The van der Waals surface area contributed by atoms with Gasteiger partial charge in [0.1, 0.15) is 5.69 Å². The van der Waals surface area contributed by atoms with Crippen LogP contribution in [-0.4, -0.2) is 22.9 Å². The van der Waals surface area contributed by atoms with E-state index in [0.717, 1.165) is 22.2 Å². The molecular formula is C13H12N4OS. The van der Waals surface area contributed by atoms with Gasteiger partial charge in [0.15, 0.2) is 5.13 Å². The first kappa shape index (κ1) is 11.7. The number of hydrogen-bond donors (Lipinski definition) is 3. The molecule has 19 heavy (non-hydrogen) atoms. The predicted molar refractivity (Wildman–Crippen MR) is 77.2 cm³/mol. The number of nitrogens with two attached hydrogens (primary N) is 1. The Balaban J connectivity index is 2.33. The van der Waals surface area contributed by atoms with Gasteiger partial charge in [0, 0.05) is 28.9 Å². The Hall–Kier alpha value is -2.34. The van der Waals surface area contributed by atoms with Crippen LogP contribution in [0.25, 0.3) is 22.2 Å². The number of rotatable bonds is 2. The van der Waals surface area contributed by atoms with Gasteiger partial charge in [-0.05, 0) is 6.07 Å². The molecule has 0 atom stereocenters. The molecule has 0 aliphatic carbocycles. The van der Waals surface area contributed by atoms with Gasteiger partial charge < -0.3 is 16.0 Å². The van der Waals surface area contributed by atoms with E-state index < -0.39 is 0 Å². The van der Waals surface area contributed by atoms with Gasteiger partial charge in [0.2, 0.25) is 0 Å². The molecule has 1 aromatic carbocycles. The summed E-state index contributed by atoms with van der Waals surface area (Å²) in [6.45, 7) is 0. The molecule has 3 rings (SSSR count). The molecule has 6 heteroatoms. The second-order valence-electron chi connectivity index (χ2n) is 4.07. The molecule has 96 valence electrons. The molecule has 0 bridgehead atoms. The fraction of sp³-hybridized carbons (Fsp3) is 0.0769. The number of nitrogens with zero attached hydrogens (tertiary/aromatic N) is 1. The smallest absolute Gasteiger partial charge is 0.268 e. The largest absolute Gasteiger partial charge is 0.375 e. The van der Waals surface area contributed by atoms with Crippen molar-refractivity contribution in [2.45, 2.75) is 0 Å². The molecule has 2 aromatic heterocycles. The van der Waals surface area contributed by atoms with Gasteiger partial charge in [-0.15, -0.1) is 11.3 Å². The zero-order valence-electron chi connectivity index (χ0n) is 10.2. The van der Waals surface area contributed by atoms with E-state index in [1.807, 2.05) is 29.6 Å². The van der Waals surface area contributed by atoms with Crippen LogP contribution < -0.4 is 11.1 Å². The standard InChI is InChI=1S/C13H12N4OS/c1-15-12(18)11-10(9-6-19-13(14)17-9)7-4-2-3-5-8(7)16-11/h2-6,16H,1H3,(H2,14,17)(H,15,18). The molecule has 1 amide bonds. The normalized spacial score (nSPS) is 10.8. The summed E-state index contributed by atoms with van der Waals surface area (Å²) in [6.07, 6.45) is 0. The third-order valence-corrected chi connectivity index (χ3v) is 3.61. The molecule has 4 N–H and O–H groups in total. The molecule has 3 aromatic rings. The molecule has 2 heterocycles. The Morgan fingerprint density at radius 2 is 2.21 bits per heavy atom. The number of amides is 1. The Morgan fingerprint density at radius 1 is 1.42 bits per heavy atom. The number of carbonyl (C=O) groups excluding carboxylic acids is 1. The highest BCUT2D eigenvalue weighted by Gasteiger charge is 2.19. The van der Waals surface area contributed by atoms with Gasteiger partial charge in [-0.1, -0.05) is 18.2 Å². The summed E-state index contributed by atoms with van der Waals surface area (Å²) in [6, 6.07) is 7.75. The van der Waals surface area contributed by atoms with Crippen LogP contribution in [0.3, 0.4) is 0 Å². The van der Waals surface area contributed by atoms with Crippen LogP contribution in [0.5, 0.6) is 0 Å². The lowest BCUT2D eigenvalue weighted by Gasteiger charge is -2.00. The van der Waals surface area contributed by atoms with Gasteiger partial charge >= 0.3 is 0 Å². The maximum atomic E-state index is 12.0. The van der Waals surface area contributed by atoms with E-state index >= 15 is 0 Å². The second kappa shape index (κ2) is 4.40. The zero-order chi connectivity index (χ0) is 13.4. The SMILES string of the molecule is CNC(=O)c1[nH]c2ccccc2c1-c1csc(N)n1. The van der Waals surface area contributed by atoms with Crippen molar-refractivity contribution < 1.29 is 4.79 Å². The van der Waals surface area contributed by atoms with Crippen LogP contribution in [0.2, 0.25) is 0 Å². The third kappa shape index (κ3) is 1.86. The van der Waals surface area contributed by atoms with Gasteiger partial charge in [0.05, 0.1) is 5.69 Å². The molecule has 0 saturated heterocycles. The monoisotopic (exact) mass is 272 g/mol. The van der Waals surface area contributed by atoms with E-state index in [1.165, 1.54) is 11.3 Å². The summed E-state index contributed by atoms with van der Waals surface area (Å²) in [4.78, 5) is 19.4. The number of para-hydroxylation sites is 1. The van der Waals surface area contributed by atoms with E-state index in [2.05, 4.69) is 15.3 Å². The summed E-state index contributed by atoms with van der Waals surface area (Å²) in [7, 11) is 1.60. The topological polar surface area (TPSA) is 83.8 Å². The van der Waals surface area contributed by atoms with Gasteiger partial charge in [-0.3, -0.25) is 4.79 Å². The van der Waals surface area contributed by atoms with E-state index in [9.17, 15) is 4.79 Å². The van der Waals surface area contributed by atoms with Gasteiger partial charge in [-0.2, -0.15) is 0 Å². The number of aromatic amines is 1. The first-order valence-electron chi connectivity index (χ1n) is 5.75. The quantitative estimate of drug-likeness (QED) is 0.669. The van der Waals surface area contributed by atoms with Crippen molar-refractivity contribution in [2.75, 3.05) is 12.8 Å². The molecule has 0 aliphatic heterocycles. The lowest BCUT2D eigenvalue weighted by Crippen LogP contribution is -2.19. The van der Waals surface area contributed by atoms with Crippen molar-refractivity contribution in [2.24, 2.45) is 0 Å². The number of fused-ring (bicyclic) bond motifs is 1. The summed E-state index contributed by atoms with van der Waals surface area (Å²) < 4.78 is 0. The number of hydrogen-bond acceptors (Lipinski definition) is 4. The van der Waals surface area contributed by atoms with E-state index in [-0.39, 0.29) is 5.91 Å². The molecule has 0 radical (unpaired) electrons. The Labute approximate surface area is 113 Å². The molecule has 0 saturated carbocycles. The van der Waals surface area contributed by atoms with Crippen molar-refractivity contribution in [3.63, 3.8) is 0 Å². The minimum absolute atomic E-state index is 0.169. The molecule has 0 unspecified atom stereocenters. The van der Waals surface area contributed by atoms with E-state index in [4.69, 9.17) is 5.73 Å². The minimum Gasteiger partial charge on any atom is -0.375 e. The van der Waals surface area contributed by atoms with E-state index in [0.29, 0.717) is 10.8 Å². The summed E-state index contributed by atoms with van der Waals surface area (Å²) in [5.41, 5.74) is 8.61. The van der Waals surface area contributed by atoms with Crippen molar-refractivity contribution in [3.05, 3.63) is 35.3 Å². The number of aromatic nitrogens is 2. The zero-order valence-corrected chi connectivity index (χ0v) is 11.0. The molecular weight excluding hydrogens is 260 g/mol. The first-order chi connectivity index (χ1) is 9.20. The maximum Gasteiger partial charge on any atom is 0.268 e. The van der Waals surface area contributed by atoms with Crippen molar-refractivity contribution in [1.29, 1.82) is 0 Å². The van der Waals surface area contributed by atoms with Crippen LogP contribution >= 0.6 is 11.3 Å². The lowest BCUT2D eigenvalue weighted by atomic mass is 10.1. The fourth-order valence-corrected chi connectivity index (χ4v) is 2.66. The lowest BCUT2D eigenvalue weighted by molar-refractivity contribution is 0.0959. The number of thiazole rings is 1.